The van der Waals surface area contributed by atoms with E-state index >= 15 is 0 Å². The maximum atomic E-state index is 9.18. The van der Waals surface area contributed by atoms with Gasteiger partial charge in [0.1, 0.15) is 5.75 Å². The highest BCUT2D eigenvalue weighted by Gasteiger charge is 2.18. The predicted octanol–water partition coefficient (Wildman–Crippen LogP) is 2.12. The van der Waals surface area contributed by atoms with E-state index in [1.165, 1.54) is 0 Å². The molecule has 1 aromatic rings. The van der Waals surface area contributed by atoms with Crippen LogP contribution in [0.5, 0.6) is 5.75 Å². The number of phenolic OH excluding ortho intramolecular Hbond substituents is 1. The van der Waals surface area contributed by atoms with Crippen LogP contribution >= 0.6 is 11.6 Å². The summed E-state index contributed by atoms with van der Waals surface area (Å²) in [6.45, 7) is 2.05. The number of rotatable bonds is 1. The van der Waals surface area contributed by atoms with Crippen molar-refractivity contribution in [2.24, 2.45) is 0 Å². The normalized spacial score (nSPS) is 22.1. The lowest BCUT2D eigenvalue weighted by molar-refractivity contribution is 0.475. The van der Waals surface area contributed by atoms with Crippen LogP contribution in [0.1, 0.15) is 17.9 Å². The Morgan fingerprint density at radius 1 is 1.46 bits per heavy atom. The summed E-state index contributed by atoms with van der Waals surface area (Å²) in [5.74, 6) is 0.743. The minimum Gasteiger partial charge on any atom is -0.508 e. The second-order valence-electron chi connectivity index (χ2n) is 3.40. The van der Waals surface area contributed by atoms with Crippen molar-refractivity contribution >= 4 is 11.6 Å². The van der Waals surface area contributed by atoms with Crippen LogP contribution in [0.15, 0.2) is 18.2 Å². The minimum atomic E-state index is 0.236. The fraction of sp³-hybridized carbons (Fsp3) is 0.400. The Labute approximate surface area is 82.5 Å². The number of nitrogens with one attached hydrogen (secondary N) is 1. The van der Waals surface area contributed by atoms with Crippen molar-refractivity contribution in [2.75, 3.05) is 13.1 Å². The molecule has 0 radical (unpaired) electrons. The van der Waals surface area contributed by atoms with Crippen molar-refractivity contribution in [2.45, 2.75) is 12.3 Å². The molecule has 1 aliphatic heterocycles. The van der Waals surface area contributed by atoms with Crippen LogP contribution < -0.4 is 5.32 Å². The van der Waals surface area contributed by atoms with Crippen molar-refractivity contribution in [1.29, 1.82) is 0 Å². The topological polar surface area (TPSA) is 32.3 Å². The zero-order chi connectivity index (χ0) is 9.26. The summed E-state index contributed by atoms with van der Waals surface area (Å²) >= 11 is 6.02. The van der Waals surface area contributed by atoms with Gasteiger partial charge in [0.15, 0.2) is 0 Å². The molecule has 0 aromatic heterocycles. The van der Waals surface area contributed by atoms with Gasteiger partial charge in [0.2, 0.25) is 0 Å². The summed E-state index contributed by atoms with van der Waals surface area (Å²) in [6, 6.07) is 5.21. The first kappa shape index (κ1) is 8.85. The van der Waals surface area contributed by atoms with Crippen molar-refractivity contribution in [1.82, 2.24) is 5.32 Å². The molecule has 0 aliphatic carbocycles. The quantitative estimate of drug-likeness (QED) is 0.723. The Hall–Kier alpha value is -0.730. The second-order valence-corrected chi connectivity index (χ2v) is 3.80. The highest BCUT2D eigenvalue weighted by atomic mass is 35.5. The second kappa shape index (κ2) is 3.56. The first-order chi connectivity index (χ1) is 6.27. The van der Waals surface area contributed by atoms with E-state index in [-0.39, 0.29) is 5.75 Å². The van der Waals surface area contributed by atoms with Gasteiger partial charge in [-0.15, -0.1) is 0 Å². The molecule has 2 rings (SSSR count). The number of aromatic hydroxyl groups is 1. The van der Waals surface area contributed by atoms with E-state index in [9.17, 15) is 5.11 Å². The Morgan fingerprint density at radius 2 is 2.31 bits per heavy atom. The molecule has 2 nitrogen and oxygen atoms in total. The standard InChI is InChI=1S/C10H12ClNO/c11-10-5-8(13)1-2-9(10)7-3-4-12-6-7/h1-2,5,7,12-13H,3-4,6H2/t7-/m0/s1. The molecule has 0 amide bonds. The number of hydrogen-bond donors (Lipinski definition) is 2. The van der Waals surface area contributed by atoms with Crippen LogP contribution in [-0.2, 0) is 0 Å². The summed E-state index contributed by atoms with van der Waals surface area (Å²) < 4.78 is 0. The Balaban J connectivity index is 2.29. The van der Waals surface area contributed by atoms with Gasteiger partial charge in [-0.05, 0) is 36.6 Å². The molecule has 70 valence electrons. The summed E-state index contributed by atoms with van der Waals surface area (Å²) in [7, 11) is 0. The molecular weight excluding hydrogens is 186 g/mol. The lowest BCUT2D eigenvalue weighted by Gasteiger charge is -2.10. The van der Waals surface area contributed by atoms with Gasteiger partial charge in [-0.1, -0.05) is 17.7 Å². The molecule has 0 spiro atoms. The molecule has 3 heteroatoms. The molecule has 0 bridgehead atoms. The van der Waals surface area contributed by atoms with Gasteiger partial charge in [-0.3, -0.25) is 0 Å². The number of hydrogen-bond acceptors (Lipinski definition) is 2. The van der Waals surface area contributed by atoms with E-state index in [1.54, 1.807) is 12.1 Å². The maximum Gasteiger partial charge on any atom is 0.117 e. The fourth-order valence-corrected chi connectivity index (χ4v) is 2.10. The highest BCUT2D eigenvalue weighted by molar-refractivity contribution is 6.31. The van der Waals surface area contributed by atoms with Crippen molar-refractivity contribution in [3.8, 4) is 5.75 Å². The van der Waals surface area contributed by atoms with Gasteiger partial charge >= 0.3 is 0 Å². The molecular formula is C10H12ClNO. The van der Waals surface area contributed by atoms with Gasteiger partial charge in [-0.2, -0.15) is 0 Å². The predicted molar refractivity (Wildman–Crippen MR) is 53.3 cm³/mol. The SMILES string of the molecule is Oc1ccc([C@H]2CCNC2)c(Cl)c1. The van der Waals surface area contributed by atoms with Crippen LogP contribution in [0, 0.1) is 0 Å². The average Bonchev–Trinajstić information content (AvgIpc) is 2.56. The number of benzene rings is 1. The van der Waals surface area contributed by atoms with E-state index in [1.807, 2.05) is 6.07 Å². The molecule has 2 N–H and O–H groups in total. The molecule has 1 aliphatic rings. The molecule has 1 fully saturated rings. The van der Waals surface area contributed by atoms with Gasteiger partial charge < -0.3 is 10.4 Å². The van der Waals surface area contributed by atoms with E-state index in [0.29, 0.717) is 10.9 Å². The van der Waals surface area contributed by atoms with E-state index < -0.39 is 0 Å². The summed E-state index contributed by atoms with van der Waals surface area (Å²) in [4.78, 5) is 0. The monoisotopic (exact) mass is 197 g/mol. The lowest BCUT2D eigenvalue weighted by atomic mass is 9.98. The third-order valence-electron chi connectivity index (χ3n) is 2.48. The van der Waals surface area contributed by atoms with Gasteiger partial charge in [0, 0.05) is 11.6 Å². The summed E-state index contributed by atoms with van der Waals surface area (Å²) in [5, 5.41) is 13.1. The highest BCUT2D eigenvalue weighted by Crippen LogP contribution is 2.31. The third kappa shape index (κ3) is 1.79. The van der Waals surface area contributed by atoms with Crippen LogP contribution in [0.25, 0.3) is 0 Å². The zero-order valence-electron chi connectivity index (χ0n) is 7.26. The number of halogens is 1. The first-order valence-electron chi connectivity index (χ1n) is 4.46. The summed E-state index contributed by atoms with van der Waals surface area (Å²) in [5.41, 5.74) is 1.14. The van der Waals surface area contributed by atoms with Crippen LogP contribution in [0.4, 0.5) is 0 Å². The fourth-order valence-electron chi connectivity index (χ4n) is 1.77. The number of phenols is 1. The largest absolute Gasteiger partial charge is 0.508 e. The lowest BCUT2D eigenvalue weighted by Crippen LogP contribution is -2.08. The molecule has 0 unspecified atom stereocenters. The summed E-state index contributed by atoms with van der Waals surface area (Å²) in [6.07, 6.45) is 1.13. The van der Waals surface area contributed by atoms with Crippen molar-refractivity contribution in [3.63, 3.8) is 0 Å². The Bertz CT molecular complexity index is 308. The molecule has 1 aromatic carbocycles. The van der Waals surface area contributed by atoms with E-state index in [2.05, 4.69) is 5.32 Å². The smallest absolute Gasteiger partial charge is 0.117 e. The first-order valence-corrected chi connectivity index (χ1v) is 4.84. The van der Waals surface area contributed by atoms with Crippen LogP contribution in [-0.4, -0.2) is 18.2 Å². The van der Waals surface area contributed by atoms with Crippen molar-refractivity contribution in [3.05, 3.63) is 28.8 Å². The van der Waals surface area contributed by atoms with Gasteiger partial charge in [0.25, 0.3) is 0 Å². The third-order valence-corrected chi connectivity index (χ3v) is 2.81. The van der Waals surface area contributed by atoms with Crippen LogP contribution in [0.3, 0.4) is 0 Å². The average molecular weight is 198 g/mol. The van der Waals surface area contributed by atoms with Gasteiger partial charge in [0.05, 0.1) is 0 Å². The van der Waals surface area contributed by atoms with Crippen molar-refractivity contribution < 1.29 is 5.11 Å². The molecule has 1 heterocycles. The maximum absolute atomic E-state index is 9.18. The van der Waals surface area contributed by atoms with Gasteiger partial charge in [-0.25, -0.2) is 0 Å². The molecule has 0 saturated carbocycles. The van der Waals surface area contributed by atoms with E-state index in [0.717, 1.165) is 25.1 Å². The molecule has 1 saturated heterocycles. The Morgan fingerprint density at radius 3 is 2.92 bits per heavy atom. The van der Waals surface area contributed by atoms with E-state index in [4.69, 9.17) is 11.6 Å². The zero-order valence-corrected chi connectivity index (χ0v) is 8.01. The molecule has 1 atom stereocenters. The minimum absolute atomic E-state index is 0.236. The van der Waals surface area contributed by atoms with Crippen LogP contribution in [0.2, 0.25) is 5.02 Å². The Kier molecular flexibility index (Phi) is 2.42. The molecule has 13 heavy (non-hydrogen) atoms.